The average Bonchev–Trinajstić information content (AvgIpc) is 2.73. The van der Waals surface area contributed by atoms with Crippen molar-refractivity contribution in [3.05, 3.63) is 76.3 Å². The second-order valence-electron chi connectivity index (χ2n) is 7.28. The number of rotatable bonds is 2. The van der Waals surface area contributed by atoms with Crippen LogP contribution in [0.1, 0.15) is 17.2 Å². The van der Waals surface area contributed by atoms with Crippen LogP contribution in [0.3, 0.4) is 0 Å². The number of β-amino-alcohol motifs (C(OH)–C–C–N with tert-alkyl or cyclic N) is 1. The number of anilines is 1. The summed E-state index contributed by atoms with van der Waals surface area (Å²) >= 11 is 0. The smallest absolute Gasteiger partial charge is 0.252 e. The van der Waals surface area contributed by atoms with Gasteiger partial charge in [-0.15, -0.1) is 0 Å². The van der Waals surface area contributed by atoms with Gasteiger partial charge in [-0.25, -0.2) is 4.98 Å². The Kier molecular flexibility index (Phi) is 4.18. The molecule has 1 aromatic carbocycles. The molecule has 3 aromatic rings. The molecular weight excluding hydrogens is 354 g/mol. The van der Waals surface area contributed by atoms with Gasteiger partial charge >= 0.3 is 0 Å². The van der Waals surface area contributed by atoms with Gasteiger partial charge in [0.25, 0.3) is 5.56 Å². The van der Waals surface area contributed by atoms with Crippen LogP contribution in [0.2, 0.25) is 0 Å². The maximum Gasteiger partial charge on any atom is 0.252 e. The highest BCUT2D eigenvalue weighted by atomic mass is 16.3. The van der Waals surface area contributed by atoms with Crippen LogP contribution in [-0.4, -0.2) is 50.8 Å². The SMILES string of the molecule is O=c1cc(-c2ccncc2)nc(N2CC(O)N3CCc4ccccc4C3C2)[nH]1. The van der Waals surface area contributed by atoms with Crippen LogP contribution in [0.25, 0.3) is 11.3 Å². The summed E-state index contributed by atoms with van der Waals surface area (Å²) in [6.45, 7) is 1.90. The summed E-state index contributed by atoms with van der Waals surface area (Å²) in [5.74, 6) is 0.487. The van der Waals surface area contributed by atoms with Crippen LogP contribution < -0.4 is 10.5 Å². The van der Waals surface area contributed by atoms with Crippen molar-refractivity contribution in [1.82, 2.24) is 19.9 Å². The maximum atomic E-state index is 12.3. The van der Waals surface area contributed by atoms with E-state index in [2.05, 4.69) is 38.1 Å². The van der Waals surface area contributed by atoms with E-state index in [1.807, 2.05) is 23.1 Å². The predicted molar refractivity (Wildman–Crippen MR) is 106 cm³/mol. The van der Waals surface area contributed by atoms with Gasteiger partial charge in [-0.05, 0) is 29.7 Å². The lowest BCUT2D eigenvalue weighted by atomic mass is 9.90. The molecule has 2 aromatic heterocycles. The van der Waals surface area contributed by atoms with Crippen LogP contribution in [-0.2, 0) is 6.42 Å². The number of benzene rings is 1. The Morgan fingerprint density at radius 1 is 1.11 bits per heavy atom. The zero-order valence-corrected chi connectivity index (χ0v) is 15.3. The van der Waals surface area contributed by atoms with Crippen molar-refractivity contribution in [2.24, 2.45) is 0 Å². The molecule has 2 N–H and O–H groups in total. The molecule has 1 saturated heterocycles. The number of piperazine rings is 1. The molecule has 2 aliphatic heterocycles. The Labute approximate surface area is 162 Å². The number of nitrogens with one attached hydrogen (secondary N) is 1. The highest BCUT2D eigenvalue weighted by molar-refractivity contribution is 5.59. The lowest BCUT2D eigenvalue weighted by molar-refractivity contribution is -0.0409. The molecule has 142 valence electrons. The van der Waals surface area contributed by atoms with Gasteiger partial charge < -0.3 is 10.0 Å². The molecule has 1 fully saturated rings. The van der Waals surface area contributed by atoms with Crippen molar-refractivity contribution in [3.63, 3.8) is 0 Å². The fraction of sp³-hybridized carbons (Fsp3) is 0.286. The Hall–Kier alpha value is -3.03. The summed E-state index contributed by atoms with van der Waals surface area (Å²) in [6, 6.07) is 13.6. The number of nitrogens with zero attached hydrogens (tertiary/aromatic N) is 4. The van der Waals surface area contributed by atoms with Crippen molar-refractivity contribution in [3.8, 4) is 11.3 Å². The van der Waals surface area contributed by atoms with Crippen LogP contribution >= 0.6 is 0 Å². The number of aliphatic hydroxyl groups is 1. The number of aliphatic hydroxyl groups excluding tert-OH is 1. The van der Waals surface area contributed by atoms with E-state index in [1.165, 1.54) is 17.2 Å². The molecule has 0 aliphatic carbocycles. The van der Waals surface area contributed by atoms with Crippen LogP contribution in [0.4, 0.5) is 5.95 Å². The first kappa shape index (κ1) is 17.1. The number of pyridine rings is 1. The summed E-state index contributed by atoms with van der Waals surface area (Å²) < 4.78 is 0. The fourth-order valence-electron chi connectivity index (χ4n) is 4.25. The zero-order valence-electron chi connectivity index (χ0n) is 15.3. The van der Waals surface area contributed by atoms with Gasteiger partial charge in [0.05, 0.1) is 18.3 Å². The Bertz CT molecular complexity index is 1050. The summed E-state index contributed by atoms with van der Waals surface area (Å²) in [6.07, 6.45) is 3.69. The van der Waals surface area contributed by atoms with Crippen LogP contribution in [0, 0.1) is 0 Å². The van der Waals surface area contributed by atoms with Gasteiger partial charge in [0.1, 0.15) is 6.23 Å². The van der Waals surface area contributed by atoms with Crippen molar-refractivity contribution < 1.29 is 5.11 Å². The lowest BCUT2D eigenvalue weighted by Crippen LogP contribution is -2.57. The van der Waals surface area contributed by atoms with E-state index in [9.17, 15) is 9.90 Å². The summed E-state index contributed by atoms with van der Waals surface area (Å²) in [5.41, 5.74) is 3.79. The number of fused-ring (bicyclic) bond motifs is 3. The van der Waals surface area contributed by atoms with Crippen molar-refractivity contribution in [2.45, 2.75) is 18.7 Å². The van der Waals surface area contributed by atoms with Crippen molar-refractivity contribution in [2.75, 3.05) is 24.5 Å². The molecule has 7 nitrogen and oxygen atoms in total. The molecular formula is C21H21N5O2. The van der Waals surface area contributed by atoms with E-state index in [4.69, 9.17) is 0 Å². The lowest BCUT2D eigenvalue weighted by Gasteiger charge is -2.47. The highest BCUT2D eigenvalue weighted by Crippen LogP contribution is 2.35. The molecule has 7 heteroatoms. The van der Waals surface area contributed by atoms with Crippen molar-refractivity contribution >= 4 is 5.95 Å². The first-order chi connectivity index (χ1) is 13.7. The standard InChI is InChI=1S/C21H21N5O2/c27-19-11-17(15-5-8-22-9-6-15)23-21(24-19)25-12-18-16-4-2-1-3-14(16)7-10-26(18)20(28)13-25/h1-6,8-9,11,18,20,28H,7,10,12-13H2,(H,23,24,27). The molecule has 0 bridgehead atoms. The summed E-state index contributed by atoms with van der Waals surface area (Å²) in [5, 5.41) is 10.8. The van der Waals surface area contributed by atoms with E-state index in [1.54, 1.807) is 12.4 Å². The van der Waals surface area contributed by atoms with E-state index in [0.717, 1.165) is 18.5 Å². The monoisotopic (exact) mass is 375 g/mol. The summed E-state index contributed by atoms with van der Waals surface area (Å²) in [4.78, 5) is 27.9. The molecule has 4 heterocycles. The van der Waals surface area contributed by atoms with Gasteiger partial charge in [-0.1, -0.05) is 24.3 Å². The maximum absolute atomic E-state index is 12.3. The Morgan fingerprint density at radius 3 is 2.79 bits per heavy atom. The molecule has 28 heavy (non-hydrogen) atoms. The highest BCUT2D eigenvalue weighted by Gasteiger charge is 2.38. The topological polar surface area (TPSA) is 85.3 Å². The van der Waals surface area contributed by atoms with E-state index in [0.29, 0.717) is 24.7 Å². The van der Waals surface area contributed by atoms with E-state index < -0.39 is 6.23 Å². The Balaban J connectivity index is 1.51. The van der Waals surface area contributed by atoms with Gasteiger partial charge in [0.2, 0.25) is 5.95 Å². The predicted octanol–water partition coefficient (Wildman–Crippen LogP) is 1.57. The normalized spacial score (nSPS) is 21.8. The minimum Gasteiger partial charge on any atom is -0.376 e. The van der Waals surface area contributed by atoms with Gasteiger partial charge in [-0.2, -0.15) is 0 Å². The second-order valence-corrected chi connectivity index (χ2v) is 7.28. The largest absolute Gasteiger partial charge is 0.376 e. The van der Waals surface area contributed by atoms with Gasteiger partial charge in [0.15, 0.2) is 0 Å². The van der Waals surface area contributed by atoms with Crippen molar-refractivity contribution in [1.29, 1.82) is 0 Å². The minimum atomic E-state index is -0.609. The molecule has 0 radical (unpaired) electrons. The van der Waals surface area contributed by atoms with E-state index in [-0.39, 0.29) is 11.6 Å². The first-order valence-electron chi connectivity index (χ1n) is 9.47. The quantitative estimate of drug-likeness (QED) is 0.707. The molecule has 2 aliphatic rings. The number of hydrogen-bond donors (Lipinski definition) is 2. The molecule has 0 amide bonds. The number of aromatic amines is 1. The third kappa shape index (κ3) is 2.98. The third-order valence-corrected chi connectivity index (χ3v) is 5.62. The fourth-order valence-corrected chi connectivity index (χ4v) is 4.25. The molecule has 0 saturated carbocycles. The second kappa shape index (κ2) is 6.85. The molecule has 5 rings (SSSR count). The van der Waals surface area contributed by atoms with E-state index >= 15 is 0 Å². The minimum absolute atomic E-state index is 0.0728. The number of aromatic nitrogens is 3. The van der Waals surface area contributed by atoms with Crippen LogP contribution in [0.15, 0.2) is 59.7 Å². The summed E-state index contributed by atoms with van der Waals surface area (Å²) in [7, 11) is 0. The molecule has 0 spiro atoms. The zero-order chi connectivity index (χ0) is 19.1. The Morgan fingerprint density at radius 2 is 1.93 bits per heavy atom. The molecule has 2 atom stereocenters. The first-order valence-corrected chi connectivity index (χ1v) is 9.47. The number of hydrogen-bond acceptors (Lipinski definition) is 6. The van der Waals surface area contributed by atoms with Crippen LogP contribution in [0.5, 0.6) is 0 Å². The average molecular weight is 375 g/mol. The third-order valence-electron chi connectivity index (χ3n) is 5.62. The van der Waals surface area contributed by atoms with Gasteiger partial charge in [0, 0.05) is 37.1 Å². The number of H-pyrrole nitrogens is 1. The molecule has 2 unspecified atom stereocenters. The van der Waals surface area contributed by atoms with Gasteiger partial charge in [-0.3, -0.25) is 19.7 Å².